The van der Waals surface area contributed by atoms with Crippen molar-refractivity contribution in [3.8, 4) is 0 Å². The molecule has 9 heteroatoms. The lowest BCUT2D eigenvalue weighted by Gasteiger charge is -2.11. The van der Waals surface area contributed by atoms with Gasteiger partial charge in [0.1, 0.15) is 5.58 Å². The SMILES string of the molecule is Cc1ccc(NS(=O)(=O)c2ccc(Cc3ccc4oc(=O)cc(C(F)(F)F)c4c3)cc2)cc1. The van der Waals surface area contributed by atoms with Gasteiger partial charge < -0.3 is 4.42 Å². The van der Waals surface area contributed by atoms with Crippen LogP contribution in [0.3, 0.4) is 0 Å². The highest BCUT2D eigenvalue weighted by Crippen LogP contribution is 2.34. The molecule has 1 N–H and O–H groups in total. The van der Waals surface area contributed by atoms with Crippen molar-refractivity contribution in [2.24, 2.45) is 0 Å². The van der Waals surface area contributed by atoms with Gasteiger partial charge in [-0.1, -0.05) is 35.9 Å². The Morgan fingerprint density at radius 1 is 0.879 bits per heavy atom. The zero-order chi connectivity index (χ0) is 23.8. The Hall–Kier alpha value is -3.59. The second-order valence-corrected chi connectivity index (χ2v) is 9.28. The van der Waals surface area contributed by atoms with E-state index in [0.717, 1.165) is 5.56 Å². The van der Waals surface area contributed by atoms with Crippen molar-refractivity contribution in [2.45, 2.75) is 24.4 Å². The Labute approximate surface area is 187 Å². The van der Waals surface area contributed by atoms with Crippen LogP contribution in [0.4, 0.5) is 18.9 Å². The van der Waals surface area contributed by atoms with Crippen LogP contribution in [0.5, 0.6) is 0 Å². The van der Waals surface area contributed by atoms with E-state index in [1.54, 1.807) is 42.5 Å². The number of fused-ring (bicyclic) bond motifs is 1. The first-order valence-electron chi connectivity index (χ1n) is 9.84. The first kappa shape index (κ1) is 22.6. The molecule has 0 aliphatic rings. The fraction of sp³-hybridized carbons (Fsp3) is 0.125. The lowest BCUT2D eigenvalue weighted by atomic mass is 10.0. The van der Waals surface area contributed by atoms with Crippen LogP contribution in [0.15, 0.2) is 86.9 Å². The molecule has 3 aromatic carbocycles. The molecule has 4 rings (SSSR count). The van der Waals surface area contributed by atoms with Crippen LogP contribution in [0.1, 0.15) is 22.3 Å². The predicted molar refractivity (Wildman–Crippen MR) is 119 cm³/mol. The van der Waals surface area contributed by atoms with Gasteiger partial charge in [0.15, 0.2) is 0 Å². The molecule has 0 atom stereocenters. The molecule has 0 spiro atoms. The molecule has 0 saturated heterocycles. The number of hydrogen-bond acceptors (Lipinski definition) is 4. The highest BCUT2D eigenvalue weighted by molar-refractivity contribution is 7.92. The quantitative estimate of drug-likeness (QED) is 0.388. The molecule has 33 heavy (non-hydrogen) atoms. The number of halogens is 3. The van der Waals surface area contributed by atoms with Gasteiger partial charge in [-0.3, -0.25) is 4.72 Å². The molecular weight excluding hydrogens is 455 g/mol. The van der Waals surface area contributed by atoms with Crippen molar-refractivity contribution < 1.29 is 26.0 Å². The number of aryl methyl sites for hydroxylation is 1. The Bertz CT molecular complexity index is 1470. The molecule has 4 aromatic rings. The van der Waals surface area contributed by atoms with Gasteiger partial charge in [-0.15, -0.1) is 0 Å². The monoisotopic (exact) mass is 473 g/mol. The molecule has 0 amide bonds. The Morgan fingerprint density at radius 2 is 1.52 bits per heavy atom. The number of hydrogen-bond donors (Lipinski definition) is 1. The topological polar surface area (TPSA) is 76.4 Å². The van der Waals surface area contributed by atoms with Gasteiger partial charge in [0.2, 0.25) is 0 Å². The van der Waals surface area contributed by atoms with Gasteiger partial charge in [0, 0.05) is 17.1 Å². The van der Waals surface area contributed by atoms with E-state index in [-0.39, 0.29) is 22.3 Å². The number of rotatable bonds is 5. The van der Waals surface area contributed by atoms with Crippen LogP contribution < -0.4 is 10.3 Å². The number of anilines is 1. The zero-order valence-electron chi connectivity index (χ0n) is 17.3. The molecule has 0 aliphatic heterocycles. The summed E-state index contributed by atoms with van der Waals surface area (Å²) in [7, 11) is -3.79. The third-order valence-corrected chi connectivity index (χ3v) is 6.46. The number of benzene rings is 3. The highest BCUT2D eigenvalue weighted by atomic mass is 32.2. The fourth-order valence-corrected chi connectivity index (χ4v) is 4.47. The van der Waals surface area contributed by atoms with E-state index >= 15 is 0 Å². The normalized spacial score (nSPS) is 12.1. The van der Waals surface area contributed by atoms with Crippen LogP contribution in [0, 0.1) is 6.92 Å². The lowest BCUT2D eigenvalue weighted by Crippen LogP contribution is -2.13. The number of alkyl halides is 3. The van der Waals surface area contributed by atoms with E-state index in [0.29, 0.717) is 22.9 Å². The third kappa shape index (κ3) is 5.09. The van der Waals surface area contributed by atoms with Crippen molar-refractivity contribution in [1.29, 1.82) is 0 Å². The van der Waals surface area contributed by atoms with Crippen LogP contribution in [-0.2, 0) is 22.6 Å². The van der Waals surface area contributed by atoms with Crippen LogP contribution in [0.25, 0.3) is 11.0 Å². The smallest absolute Gasteiger partial charge is 0.417 e. The van der Waals surface area contributed by atoms with Gasteiger partial charge >= 0.3 is 11.8 Å². The molecule has 5 nitrogen and oxygen atoms in total. The zero-order valence-corrected chi connectivity index (χ0v) is 18.1. The molecule has 0 bridgehead atoms. The summed E-state index contributed by atoms with van der Waals surface area (Å²) in [4.78, 5) is 11.5. The Morgan fingerprint density at radius 3 is 2.15 bits per heavy atom. The highest BCUT2D eigenvalue weighted by Gasteiger charge is 2.33. The maximum Gasteiger partial charge on any atom is 0.417 e. The first-order valence-corrected chi connectivity index (χ1v) is 11.3. The van der Waals surface area contributed by atoms with Crippen LogP contribution in [0.2, 0.25) is 0 Å². The summed E-state index contributed by atoms with van der Waals surface area (Å²) in [5.74, 6) is 0. The van der Waals surface area contributed by atoms with Crippen molar-refractivity contribution in [3.05, 3.63) is 105 Å². The largest absolute Gasteiger partial charge is 0.423 e. The lowest BCUT2D eigenvalue weighted by molar-refractivity contribution is -0.136. The molecule has 0 aliphatic carbocycles. The van der Waals surface area contributed by atoms with Crippen molar-refractivity contribution in [1.82, 2.24) is 0 Å². The average Bonchev–Trinajstić information content (AvgIpc) is 2.74. The van der Waals surface area contributed by atoms with Crippen LogP contribution >= 0.6 is 0 Å². The summed E-state index contributed by atoms with van der Waals surface area (Å²) in [6, 6.07) is 17.6. The standard InChI is InChI=1S/C24H18F3NO4S/c1-15-2-7-18(8-3-15)28-33(30,31)19-9-4-16(5-10-19)12-17-6-11-22-20(13-17)21(24(25,26)27)14-23(29)32-22/h2-11,13-14,28H,12H2,1H3. The molecule has 170 valence electrons. The van der Waals surface area contributed by atoms with Gasteiger partial charge in [-0.2, -0.15) is 13.2 Å². The van der Waals surface area contributed by atoms with Gasteiger partial charge in [0.25, 0.3) is 10.0 Å². The van der Waals surface area contributed by atoms with Crippen LogP contribution in [-0.4, -0.2) is 8.42 Å². The van der Waals surface area contributed by atoms with E-state index in [2.05, 4.69) is 4.72 Å². The van der Waals surface area contributed by atoms with Crippen molar-refractivity contribution in [2.75, 3.05) is 4.72 Å². The summed E-state index contributed by atoms with van der Waals surface area (Å²) < 4.78 is 72.6. The minimum Gasteiger partial charge on any atom is -0.423 e. The molecule has 1 heterocycles. The Balaban J connectivity index is 1.58. The van der Waals surface area contributed by atoms with Gasteiger partial charge in [-0.25, -0.2) is 13.2 Å². The molecule has 0 unspecified atom stereocenters. The van der Waals surface area contributed by atoms with E-state index in [1.165, 1.54) is 24.3 Å². The summed E-state index contributed by atoms with van der Waals surface area (Å²) in [6.45, 7) is 1.90. The molecule has 0 saturated carbocycles. The van der Waals surface area contributed by atoms with E-state index in [4.69, 9.17) is 4.42 Å². The van der Waals surface area contributed by atoms with E-state index in [9.17, 15) is 26.4 Å². The molecular formula is C24H18F3NO4S. The summed E-state index contributed by atoms with van der Waals surface area (Å²) in [5.41, 5.74) is 0.415. The predicted octanol–water partition coefficient (Wildman–Crippen LogP) is 5.51. The fourth-order valence-electron chi connectivity index (χ4n) is 3.41. The molecule has 0 fully saturated rings. The minimum atomic E-state index is -4.70. The van der Waals surface area contributed by atoms with E-state index < -0.39 is 27.4 Å². The average molecular weight is 473 g/mol. The maximum absolute atomic E-state index is 13.3. The van der Waals surface area contributed by atoms with Crippen molar-refractivity contribution >= 4 is 26.7 Å². The third-order valence-electron chi connectivity index (χ3n) is 5.06. The molecule has 1 aromatic heterocycles. The van der Waals surface area contributed by atoms with Crippen molar-refractivity contribution in [3.63, 3.8) is 0 Å². The van der Waals surface area contributed by atoms with Gasteiger partial charge in [-0.05, 0) is 60.9 Å². The summed E-state index contributed by atoms with van der Waals surface area (Å²) >= 11 is 0. The first-order chi connectivity index (χ1) is 15.5. The maximum atomic E-state index is 13.3. The van der Waals surface area contributed by atoms with E-state index in [1.807, 2.05) is 6.92 Å². The number of sulfonamides is 1. The Kier molecular flexibility index (Phi) is 5.75. The summed E-state index contributed by atoms with van der Waals surface area (Å²) in [6.07, 6.45) is -4.44. The second kappa shape index (κ2) is 8.40. The molecule has 0 radical (unpaired) electrons. The van der Waals surface area contributed by atoms with Gasteiger partial charge in [0.05, 0.1) is 10.5 Å². The number of nitrogens with one attached hydrogen (secondary N) is 1. The summed E-state index contributed by atoms with van der Waals surface area (Å²) in [5, 5.41) is -0.207. The second-order valence-electron chi connectivity index (χ2n) is 7.60. The minimum absolute atomic E-state index is 0.0615.